The Balaban J connectivity index is 0.000000211. The summed E-state index contributed by atoms with van der Waals surface area (Å²) in [4.78, 5) is 22.8. The Kier molecular flexibility index (Phi) is 11.5. The zero-order chi connectivity index (χ0) is 30.7. The van der Waals surface area contributed by atoms with Crippen molar-refractivity contribution in [1.82, 2.24) is 0 Å². The average Bonchev–Trinajstić information content (AvgIpc) is 3.28. The second kappa shape index (κ2) is 15.5. The van der Waals surface area contributed by atoms with Crippen LogP contribution in [-0.4, -0.2) is 27.3 Å². The van der Waals surface area contributed by atoms with Gasteiger partial charge in [0.15, 0.2) is 5.60 Å². The number of aromatic hydroxyl groups is 2. The molecule has 230 valence electrons. The van der Waals surface area contributed by atoms with Crippen molar-refractivity contribution < 1.29 is 34.4 Å². The summed E-state index contributed by atoms with van der Waals surface area (Å²) in [7, 11) is 0. The van der Waals surface area contributed by atoms with Crippen LogP contribution in [0.25, 0.3) is 0 Å². The van der Waals surface area contributed by atoms with Gasteiger partial charge in [-0.1, -0.05) is 102 Å². The van der Waals surface area contributed by atoms with Gasteiger partial charge in [-0.15, -0.1) is 0 Å². The monoisotopic (exact) mass is 588 g/mol. The third-order valence-electron chi connectivity index (χ3n) is 8.18. The molecule has 0 saturated carbocycles. The van der Waals surface area contributed by atoms with Crippen LogP contribution >= 0.6 is 0 Å². The summed E-state index contributed by atoms with van der Waals surface area (Å²) in [6.07, 6.45) is 17.3. The number of fused-ring (bicyclic) bond motifs is 6. The number of phenolic OH excluding ortho intramolecular Hbond substituents is 2. The van der Waals surface area contributed by atoms with E-state index in [-0.39, 0.29) is 11.5 Å². The number of carbonyl (C=O) groups is 2. The minimum atomic E-state index is -1.17. The zero-order valence-electron chi connectivity index (χ0n) is 25.1. The highest BCUT2D eigenvalue weighted by Gasteiger charge is 2.53. The Morgan fingerprint density at radius 1 is 0.674 bits per heavy atom. The molecule has 0 unspecified atom stereocenters. The second-order valence-corrected chi connectivity index (χ2v) is 11.5. The fourth-order valence-corrected chi connectivity index (χ4v) is 5.95. The van der Waals surface area contributed by atoms with E-state index in [2.05, 4.69) is 6.92 Å². The third kappa shape index (κ3) is 7.89. The first-order valence-electron chi connectivity index (χ1n) is 15.8. The van der Waals surface area contributed by atoms with Crippen LogP contribution in [0.5, 0.6) is 23.0 Å². The van der Waals surface area contributed by atoms with E-state index in [1.54, 1.807) is 24.3 Å². The Labute approximate surface area is 254 Å². The van der Waals surface area contributed by atoms with Crippen molar-refractivity contribution in [2.75, 3.05) is 0 Å². The first kappa shape index (κ1) is 31.9. The van der Waals surface area contributed by atoms with Crippen LogP contribution in [0.15, 0.2) is 60.7 Å². The summed E-state index contributed by atoms with van der Waals surface area (Å²) in [5.41, 5.74) is 1.28. The van der Waals surface area contributed by atoms with Gasteiger partial charge < -0.3 is 24.8 Å². The molecule has 0 amide bonds. The van der Waals surface area contributed by atoms with Crippen molar-refractivity contribution >= 4 is 11.9 Å². The summed E-state index contributed by atoms with van der Waals surface area (Å²) in [6.45, 7) is 2.26. The van der Waals surface area contributed by atoms with Crippen LogP contribution in [0.3, 0.4) is 0 Å². The fourth-order valence-electron chi connectivity index (χ4n) is 5.95. The quantitative estimate of drug-likeness (QED) is 0.127. The van der Waals surface area contributed by atoms with E-state index in [0.29, 0.717) is 40.2 Å². The van der Waals surface area contributed by atoms with E-state index >= 15 is 0 Å². The molecule has 7 heteroatoms. The lowest BCUT2D eigenvalue weighted by atomic mass is 9.77. The molecule has 0 saturated heterocycles. The van der Waals surface area contributed by atoms with E-state index in [1.165, 1.54) is 94.9 Å². The number of carboxylic acid groups (broad SMARTS) is 1. The summed E-state index contributed by atoms with van der Waals surface area (Å²) in [6, 6.07) is 16.6. The average molecular weight is 589 g/mol. The normalized spacial score (nSPS) is 13.7. The lowest BCUT2D eigenvalue weighted by Gasteiger charge is -2.36. The molecule has 0 atom stereocenters. The first-order valence-corrected chi connectivity index (χ1v) is 15.8. The van der Waals surface area contributed by atoms with Crippen LogP contribution in [0.2, 0.25) is 0 Å². The van der Waals surface area contributed by atoms with Crippen LogP contribution in [-0.2, 0) is 15.1 Å². The molecule has 5 rings (SSSR count). The number of unbranched alkanes of at least 4 members (excludes halogenated alkanes) is 12. The van der Waals surface area contributed by atoms with Crippen molar-refractivity contribution in [3.8, 4) is 23.0 Å². The maximum Gasteiger partial charge on any atom is 0.340 e. The number of ether oxygens (including phenoxy) is 2. The number of carboxylic acids is 1. The molecule has 7 nitrogen and oxygen atoms in total. The number of benzene rings is 3. The van der Waals surface area contributed by atoms with E-state index in [1.807, 2.05) is 12.1 Å². The number of hydrogen-bond donors (Lipinski definition) is 3. The van der Waals surface area contributed by atoms with Gasteiger partial charge in [-0.2, -0.15) is 0 Å². The first-order chi connectivity index (χ1) is 20.9. The lowest BCUT2D eigenvalue weighted by molar-refractivity contribution is -0.137. The van der Waals surface area contributed by atoms with E-state index in [0.717, 1.165) is 12.8 Å². The molecule has 3 N–H and O–H groups in total. The molecule has 1 spiro atoms. The number of aliphatic carboxylic acids is 1. The van der Waals surface area contributed by atoms with Gasteiger partial charge in [0.1, 0.15) is 23.0 Å². The summed E-state index contributed by atoms with van der Waals surface area (Å²) >= 11 is 0. The van der Waals surface area contributed by atoms with Crippen LogP contribution in [0.1, 0.15) is 124 Å². The molecule has 2 aliphatic rings. The Morgan fingerprint density at radius 3 is 1.67 bits per heavy atom. The van der Waals surface area contributed by atoms with Gasteiger partial charge in [-0.05, 0) is 36.8 Å². The molecule has 0 radical (unpaired) electrons. The molecule has 3 aromatic rings. The third-order valence-corrected chi connectivity index (χ3v) is 8.18. The molecular formula is C36H44O7. The molecule has 2 heterocycles. The van der Waals surface area contributed by atoms with Crippen molar-refractivity contribution in [2.24, 2.45) is 0 Å². The van der Waals surface area contributed by atoms with E-state index in [4.69, 9.17) is 14.6 Å². The van der Waals surface area contributed by atoms with Gasteiger partial charge in [-0.25, -0.2) is 4.79 Å². The Hall–Kier alpha value is -4.00. The standard InChI is InChI=1S/C20H12O5.C16H32O2/c21-11-5-7-15-17(9-11)24-18-10-12(22)6-8-16(18)20(15)14-4-2-1-3-13(14)19(23)25-20;1-2-3-4-5-6-7-8-9-10-11-12-13-14-15-16(17)18/h1-10,21-22H;2-15H2,1H3,(H,17,18). The van der Waals surface area contributed by atoms with E-state index < -0.39 is 17.5 Å². The molecule has 43 heavy (non-hydrogen) atoms. The molecule has 2 aliphatic heterocycles. The molecular weight excluding hydrogens is 544 g/mol. The predicted octanol–water partition coefficient (Wildman–Crippen LogP) is 9.22. The van der Waals surface area contributed by atoms with Crippen molar-refractivity contribution in [2.45, 2.75) is 102 Å². The number of carbonyl (C=O) groups excluding carboxylic acids is 1. The maximum absolute atomic E-state index is 12.5. The largest absolute Gasteiger partial charge is 0.508 e. The van der Waals surface area contributed by atoms with Crippen LogP contribution in [0, 0.1) is 0 Å². The van der Waals surface area contributed by atoms with Gasteiger partial charge in [0.2, 0.25) is 0 Å². The topological polar surface area (TPSA) is 113 Å². The molecule has 0 fully saturated rings. The summed E-state index contributed by atoms with van der Waals surface area (Å²) < 4.78 is 11.8. The molecule has 3 aromatic carbocycles. The van der Waals surface area contributed by atoms with E-state index in [9.17, 15) is 19.8 Å². The predicted molar refractivity (Wildman–Crippen MR) is 166 cm³/mol. The lowest BCUT2D eigenvalue weighted by Crippen LogP contribution is -2.32. The zero-order valence-corrected chi connectivity index (χ0v) is 25.1. The summed E-state index contributed by atoms with van der Waals surface area (Å²) in [5, 5.41) is 28.2. The van der Waals surface area contributed by atoms with Crippen LogP contribution in [0.4, 0.5) is 0 Å². The molecule has 0 aromatic heterocycles. The van der Waals surface area contributed by atoms with Gasteiger partial charge in [0.05, 0.1) is 5.56 Å². The highest BCUT2D eigenvalue weighted by molar-refractivity contribution is 5.97. The minimum Gasteiger partial charge on any atom is -0.508 e. The van der Waals surface area contributed by atoms with Gasteiger partial charge in [0, 0.05) is 35.2 Å². The number of phenols is 2. The Morgan fingerprint density at radius 2 is 1.16 bits per heavy atom. The fraction of sp³-hybridized carbons (Fsp3) is 0.444. The number of esters is 1. The van der Waals surface area contributed by atoms with Crippen molar-refractivity contribution in [3.63, 3.8) is 0 Å². The molecule has 0 aliphatic carbocycles. The number of rotatable bonds is 14. The summed E-state index contributed by atoms with van der Waals surface area (Å²) in [5.74, 6) is -0.246. The van der Waals surface area contributed by atoms with Gasteiger partial charge >= 0.3 is 11.9 Å². The second-order valence-electron chi connectivity index (χ2n) is 11.5. The SMILES string of the molecule is CCCCCCCCCCCCCCCC(=O)O.O=C1OC2(c3ccc(O)cc3Oc3cc(O)ccc32)c2ccccc21. The van der Waals surface area contributed by atoms with Crippen LogP contribution < -0.4 is 4.74 Å². The minimum absolute atomic E-state index is 0.0371. The maximum atomic E-state index is 12.5. The van der Waals surface area contributed by atoms with Gasteiger partial charge in [0.25, 0.3) is 0 Å². The highest BCUT2D eigenvalue weighted by atomic mass is 16.6. The smallest absolute Gasteiger partial charge is 0.340 e. The van der Waals surface area contributed by atoms with Crippen molar-refractivity contribution in [1.29, 1.82) is 0 Å². The van der Waals surface area contributed by atoms with Crippen molar-refractivity contribution in [3.05, 3.63) is 82.9 Å². The number of hydrogen-bond acceptors (Lipinski definition) is 6. The molecule has 0 bridgehead atoms. The van der Waals surface area contributed by atoms with Gasteiger partial charge in [-0.3, -0.25) is 4.79 Å². The highest BCUT2D eigenvalue weighted by Crippen LogP contribution is 2.56. The Bertz CT molecular complexity index is 1330.